The first-order valence-corrected chi connectivity index (χ1v) is 15.8. The van der Waals surface area contributed by atoms with Crippen molar-refractivity contribution in [3.63, 3.8) is 0 Å². The monoisotopic (exact) mass is 637 g/mol. The van der Waals surface area contributed by atoms with E-state index in [0.29, 0.717) is 33.5 Å². The summed E-state index contributed by atoms with van der Waals surface area (Å²) < 4.78 is 28.8. The highest BCUT2D eigenvalue weighted by Gasteiger charge is 2.34. The molecule has 0 saturated heterocycles. The van der Waals surface area contributed by atoms with Crippen molar-refractivity contribution in [3.8, 4) is 0 Å². The van der Waals surface area contributed by atoms with E-state index in [2.05, 4.69) is 5.32 Å². The van der Waals surface area contributed by atoms with Crippen LogP contribution in [0.4, 0.5) is 5.69 Å². The molecule has 3 rings (SSSR count). The molecule has 0 radical (unpaired) electrons. The van der Waals surface area contributed by atoms with Gasteiger partial charge >= 0.3 is 0 Å². The molecule has 0 saturated carbocycles. The maximum Gasteiger partial charge on any atom is 0.264 e. The van der Waals surface area contributed by atoms with Crippen molar-refractivity contribution in [2.45, 2.75) is 64.1 Å². The number of carbonyl (C=O) groups is 2. The lowest BCUT2D eigenvalue weighted by Crippen LogP contribution is -2.53. The second kappa shape index (κ2) is 14.4. The Morgan fingerprint density at radius 1 is 0.878 bits per heavy atom. The van der Waals surface area contributed by atoms with E-state index >= 15 is 0 Å². The molecular weight excluding hydrogens is 605 g/mol. The summed E-state index contributed by atoms with van der Waals surface area (Å²) in [4.78, 5) is 28.9. The Hall–Kier alpha value is -2.78. The topological polar surface area (TPSA) is 86.8 Å². The zero-order chi connectivity index (χ0) is 30.3. The van der Waals surface area contributed by atoms with Gasteiger partial charge in [-0.3, -0.25) is 13.9 Å². The van der Waals surface area contributed by atoms with Gasteiger partial charge in [-0.2, -0.15) is 0 Å². The van der Waals surface area contributed by atoms with E-state index in [9.17, 15) is 18.0 Å². The Morgan fingerprint density at radius 3 is 2.05 bits per heavy atom. The van der Waals surface area contributed by atoms with Gasteiger partial charge < -0.3 is 10.2 Å². The summed E-state index contributed by atoms with van der Waals surface area (Å²) in [6, 6.07) is 16.5. The molecule has 0 aromatic heterocycles. The molecule has 0 aliphatic rings. The van der Waals surface area contributed by atoms with E-state index in [1.807, 2.05) is 20.8 Å². The molecule has 11 heteroatoms. The molecule has 220 valence electrons. The number of benzene rings is 3. The maximum atomic E-state index is 14.1. The minimum atomic E-state index is -4.18. The van der Waals surface area contributed by atoms with Crippen LogP contribution in [0.5, 0.6) is 0 Å². The third-order valence-electron chi connectivity index (χ3n) is 6.75. The highest BCUT2D eigenvalue weighted by molar-refractivity contribution is 7.92. The number of sulfonamides is 1. The third kappa shape index (κ3) is 8.38. The smallest absolute Gasteiger partial charge is 0.264 e. The van der Waals surface area contributed by atoms with Crippen LogP contribution in [-0.4, -0.2) is 43.8 Å². The summed E-state index contributed by atoms with van der Waals surface area (Å²) in [7, 11) is -4.18. The lowest BCUT2D eigenvalue weighted by Gasteiger charge is -2.34. The second-order valence-electron chi connectivity index (χ2n) is 9.80. The van der Waals surface area contributed by atoms with Crippen molar-refractivity contribution in [3.05, 3.63) is 92.9 Å². The van der Waals surface area contributed by atoms with E-state index < -0.39 is 28.5 Å². The summed E-state index contributed by atoms with van der Waals surface area (Å²) in [5.74, 6) is -0.910. The van der Waals surface area contributed by atoms with Gasteiger partial charge in [0.2, 0.25) is 11.8 Å². The van der Waals surface area contributed by atoms with Crippen LogP contribution < -0.4 is 9.62 Å². The zero-order valence-corrected chi connectivity index (χ0v) is 26.5. The molecule has 2 unspecified atom stereocenters. The highest BCUT2D eigenvalue weighted by atomic mass is 35.5. The molecule has 0 bridgehead atoms. The van der Waals surface area contributed by atoms with Crippen molar-refractivity contribution >= 4 is 62.3 Å². The summed E-state index contributed by atoms with van der Waals surface area (Å²) in [6.07, 6.45) is 1.00. The number of hydrogen-bond donors (Lipinski definition) is 1. The van der Waals surface area contributed by atoms with Crippen molar-refractivity contribution in [2.75, 3.05) is 10.8 Å². The largest absolute Gasteiger partial charge is 0.352 e. The van der Waals surface area contributed by atoms with E-state index in [0.717, 1.165) is 9.87 Å². The summed E-state index contributed by atoms with van der Waals surface area (Å²) in [6.45, 7) is 6.89. The van der Waals surface area contributed by atoms with Gasteiger partial charge in [0.25, 0.3) is 10.0 Å². The first-order valence-electron chi connectivity index (χ1n) is 13.3. The number of halogens is 3. The number of amides is 2. The molecule has 2 atom stereocenters. The average molecular weight is 639 g/mol. The van der Waals surface area contributed by atoms with Gasteiger partial charge in [0, 0.05) is 27.7 Å². The van der Waals surface area contributed by atoms with Crippen LogP contribution in [0.2, 0.25) is 15.1 Å². The standard InChI is InChI=1S/C30H34Cl3N3O4S/c1-5-21(4)34-30(38)28(6-2)35(18-22-9-10-24(32)17-27(22)33)29(37)19-36(25-13-11-23(31)12-14-25)41(39,40)26-15-7-20(3)8-16-26/h7-17,21,28H,5-6,18-19H2,1-4H3,(H,34,38). The molecule has 0 heterocycles. The molecule has 2 amide bonds. The number of carbonyl (C=O) groups excluding carboxylic acids is 2. The summed E-state index contributed by atoms with van der Waals surface area (Å²) in [5, 5.41) is 4.12. The Bertz CT molecular complexity index is 1470. The number of rotatable bonds is 12. The van der Waals surface area contributed by atoms with Gasteiger partial charge in [0.1, 0.15) is 12.6 Å². The van der Waals surface area contributed by atoms with E-state index in [1.165, 1.54) is 29.2 Å². The van der Waals surface area contributed by atoms with Crippen LogP contribution in [0, 0.1) is 6.92 Å². The SMILES string of the molecule is CCC(C)NC(=O)C(CC)N(Cc1ccc(Cl)cc1Cl)C(=O)CN(c1ccc(Cl)cc1)S(=O)(=O)c1ccc(C)cc1. The average Bonchev–Trinajstić information content (AvgIpc) is 2.93. The molecule has 0 spiro atoms. The maximum absolute atomic E-state index is 14.1. The fourth-order valence-corrected chi connectivity index (χ4v) is 6.18. The van der Waals surface area contributed by atoms with Crippen molar-refractivity contribution < 1.29 is 18.0 Å². The van der Waals surface area contributed by atoms with E-state index in [-0.39, 0.29) is 29.1 Å². The van der Waals surface area contributed by atoms with Crippen molar-refractivity contribution in [1.29, 1.82) is 0 Å². The van der Waals surface area contributed by atoms with Crippen molar-refractivity contribution in [1.82, 2.24) is 10.2 Å². The quantitative estimate of drug-likeness (QED) is 0.235. The molecule has 3 aromatic carbocycles. The Kier molecular flexibility index (Phi) is 11.5. The lowest BCUT2D eigenvalue weighted by atomic mass is 10.1. The minimum absolute atomic E-state index is 0.0275. The van der Waals surface area contributed by atoms with Crippen LogP contribution in [0.25, 0.3) is 0 Å². The number of nitrogens with zero attached hydrogens (tertiary/aromatic N) is 2. The van der Waals surface area contributed by atoms with E-state index in [1.54, 1.807) is 49.4 Å². The zero-order valence-electron chi connectivity index (χ0n) is 23.4. The predicted octanol–water partition coefficient (Wildman–Crippen LogP) is 6.87. The van der Waals surface area contributed by atoms with Gasteiger partial charge in [0.05, 0.1) is 10.6 Å². The van der Waals surface area contributed by atoms with Gasteiger partial charge in [-0.25, -0.2) is 8.42 Å². The van der Waals surface area contributed by atoms with Crippen molar-refractivity contribution in [2.24, 2.45) is 0 Å². The fraction of sp³-hybridized carbons (Fsp3) is 0.333. The Morgan fingerprint density at radius 2 is 1.49 bits per heavy atom. The summed E-state index contributed by atoms with van der Waals surface area (Å²) in [5.41, 5.74) is 1.71. The molecule has 0 aliphatic carbocycles. The Balaban J connectivity index is 2.08. The first kappa shape index (κ1) is 32.7. The van der Waals surface area contributed by atoms with Crippen LogP contribution in [-0.2, 0) is 26.2 Å². The molecular formula is C30H34Cl3N3O4S. The molecule has 0 fully saturated rings. The molecule has 0 aliphatic heterocycles. The molecule has 1 N–H and O–H groups in total. The van der Waals surface area contributed by atoms with Gasteiger partial charge in [-0.05, 0) is 80.8 Å². The first-order chi connectivity index (χ1) is 19.4. The van der Waals surface area contributed by atoms with Crippen LogP contribution in [0.1, 0.15) is 44.7 Å². The van der Waals surface area contributed by atoms with Crippen LogP contribution >= 0.6 is 34.8 Å². The molecule has 7 nitrogen and oxygen atoms in total. The van der Waals surface area contributed by atoms with Crippen LogP contribution in [0.15, 0.2) is 71.6 Å². The third-order valence-corrected chi connectivity index (χ3v) is 9.37. The number of hydrogen-bond acceptors (Lipinski definition) is 4. The van der Waals surface area contributed by atoms with E-state index in [4.69, 9.17) is 34.8 Å². The number of anilines is 1. The van der Waals surface area contributed by atoms with Crippen LogP contribution in [0.3, 0.4) is 0 Å². The number of aryl methyl sites for hydroxylation is 1. The Labute approximate surface area is 257 Å². The lowest BCUT2D eigenvalue weighted by molar-refractivity contribution is -0.140. The fourth-order valence-electron chi connectivity index (χ4n) is 4.17. The molecule has 41 heavy (non-hydrogen) atoms. The molecule has 3 aromatic rings. The van der Waals surface area contributed by atoms with Gasteiger partial charge in [-0.15, -0.1) is 0 Å². The van der Waals surface area contributed by atoms with Gasteiger partial charge in [0.15, 0.2) is 0 Å². The number of nitrogens with one attached hydrogen (secondary N) is 1. The summed E-state index contributed by atoms with van der Waals surface area (Å²) >= 11 is 18.6. The second-order valence-corrected chi connectivity index (χ2v) is 12.9. The van der Waals surface area contributed by atoms with Gasteiger partial charge in [-0.1, -0.05) is 72.4 Å². The minimum Gasteiger partial charge on any atom is -0.352 e. The highest BCUT2D eigenvalue weighted by Crippen LogP contribution is 2.28. The normalized spacial score (nSPS) is 12.9. The predicted molar refractivity (Wildman–Crippen MR) is 166 cm³/mol.